The lowest BCUT2D eigenvalue weighted by Gasteiger charge is -2.34. The summed E-state index contributed by atoms with van der Waals surface area (Å²) in [6.07, 6.45) is 6.07. The molecule has 0 spiro atoms. The Bertz CT molecular complexity index is 621. The van der Waals surface area contributed by atoms with Crippen molar-refractivity contribution < 1.29 is 4.79 Å². The maximum Gasteiger partial charge on any atom is 0.225 e. The first-order valence-electron chi connectivity index (χ1n) is 9.61. The number of aromatic nitrogens is 1. The van der Waals surface area contributed by atoms with Gasteiger partial charge in [0, 0.05) is 62.5 Å². The van der Waals surface area contributed by atoms with E-state index in [1.54, 1.807) is 0 Å². The van der Waals surface area contributed by atoms with E-state index in [-0.39, 0.29) is 29.9 Å². The average molecular weight is 505 g/mol. The molecule has 1 saturated heterocycles. The minimum Gasteiger partial charge on any atom is -0.354 e. The summed E-state index contributed by atoms with van der Waals surface area (Å²) in [5.74, 6) is 3.62. The van der Waals surface area contributed by atoms with Crippen LogP contribution >= 0.6 is 35.7 Å². The van der Waals surface area contributed by atoms with Crippen LogP contribution < -0.4 is 10.6 Å². The predicted molar refractivity (Wildman–Crippen MR) is 124 cm³/mol. The summed E-state index contributed by atoms with van der Waals surface area (Å²) < 4.78 is 2.11. The van der Waals surface area contributed by atoms with Gasteiger partial charge in [-0.05, 0) is 37.8 Å². The van der Waals surface area contributed by atoms with Gasteiger partial charge in [0.05, 0.1) is 6.54 Å². The number of carbonyl (C=O) groups excluding carboxylic acids is 1. The smallest absolute Gasteiger partial charge is 0.225 e. The molecule has 27 heavy (non-hydrogen) atoms. The molecule has 8 heteroatoms. The van der Waals surface area contributed by atoms with E-state index in [0.717, 1.165) is 62.8 Å². The van der Waals surface area contributed by atoms with Crippen molar-refractivity contribution in [3.05, 3.63) is 24.0 Å². The van der Waals surface area contributed by atoms with E-state index in [4.69, 9.17) is 0 Å². The Morgan fingerprint density at radius 3 is 2.56 bits per heavy atom. The van der Waals surface area contributed by atoms with E-state index in [1.807, 2.05) is 38.1 Å². The molecule has 1 aliphatic carbocycles. The second-order valence-corrected chi connectivity index (χ2v) is 8.39. The molecular formula is C19H32IN5OS. The molecule has 1 aliphatic heterocycles. The first-order valence-corrected chi connectivity index (χ1v) is 10.8. The largest absolute Gasteiger partial charge is 0.354 e. The second kappa shape index (κ2) is 11.2. The highest BCUT2D eigenvalue weighted by Crippen LogP contribution is 2.27. The number of carbonyl (C=O) groups is 1. The summed E-state index contributed by atoms with van der Waals surface area (Å²) in [6.45, 7) is 2.61. The van der Waals surface area contributed by atoms with Crippen LogP contribution in [0.3, 0.4) is 0 Å². The van der Waals surface area contributed by atoms with E-state index in [9.17, 15) is 4.79 Å². The zero-order chi connectivity index (χ0) is 18.4. The fraction of sp³-hybridized carbons (Fsp3) is 0.684. The third kappa shape index (κ3) is 6.30. The average Bonchev–Trinajstić information content (AvgIpc) is 3.10. The summed E-state index contributed by atoms with van der Waals surface area (Å²) in [5.41, 5.74) is 1.22. The molecule has 1 amide bonds. The molecule has 2 aliphatic rings. The van der Waals surface area contributed by atoms with Gasteiger partial charge in [-0.15, -0.1) is 24.0 Å². The predicted octanol–water partition coefficient (Wildman–Crippen LogP) is 2.44. The maximum absolute atomic E-state index is 12.7. The van der Waals surface area contributed by atoms with Crippen LogP contribution in [0, 0.1) is 5.92 Å². The van der Waals surface area contributed by atoms with Gasteiger partial charge in [0.15, 0.2) is 5.96 Å². The summed E-state index contributed by atoms with van der Waals surface area (Å²) in [6, 6.07) is 4.55. The van der Waals surface area contributed by atoms with Gasteiger partial charge in [-0.1, -0.05) is 0 Å². The highest BCUT2D eigenvalue weighted by atomic mass is 127. The molecule has 0 unspecified atom stereocenters. The topological polar surface area (TPSA) is 61.7 Å². The van der Waals surface area contributed by atoms with Gasteiger partial charge in [0.1, 0.15) is 0 Å². The Morgan fingerprint density at radius 1 is 1.26 bits per heavy atom. The van der Waals surface area contributed by atoms with Gasteiger partial charge in [-0.25, -0.2) is 0 Å². The number of thioether (sulfide) groups is 1. The number of aliphatic imine (C=N–C) groups is 1. The van der Waals surface area contributed by atoms with Crippen molar-refractivity contribution in [2.75, 3.05) is 31.6 Å². The molecule has 6 nitrogen and oxygen atoms in total. The SMILES string of the molecule is CN=C(NCc1cccn1C)NC1CCC(C(=O)N2CCSCC2)CC1.I. The number of nitrogens with zero attached hydrogens (tertiary/aromatic N) is 3. The standard InChI is InChI=1S/C19H31N5OS.HI/c1-20-19(21-14-17-4-3-9-23(17)2)22-16-7-5-15(6-8-16)18(25)24-10-12-26-13-11-24;/h3-4,9,15-16H,5-8,10-14H2,1-2H3,(H2,20,21,22);1H. The van der Waals surface area contributed by atoms with E-state index < -0.39 is 0 Å². The number of amides is 1. The molecule has 0 atom stereocenters. The van der Waals surface area contributed by atoms with Gasteiger partial charge in [-0.3, -0.25) is 9.79 Å². The lowest BCUT2D eigenvalue weighted by molar-refractivity contribution is -0.136. The Kier molecular flexibility index (Phi) is 9.28. The summed E-state index contributed by atoms with van der Waals surface area (Å²) >= 11 is 1.95. The Balaban J connectivity index is 0.00000261. The molecule has 1 aromatic heterocycles. The van der Waals surface area contributed by atoms with Crippen LogP contribution in [0.2, 0.25) is 0 Å². The van der Waals surface area contributed by atoms with Crippen LogP contribution in [0.5, 0.6) is 0 Å². The van der Waals surface area contributed by atoms with Crippen molar-refractivity contribution in [1.29, 1.82) is 0 Å². The summed E-state index contributed by atoms with van der Waals surface area (Å²) in [7, 11) is 3.86. The van der Waals surface area contributed by atoms with E-state index >= 15 is 0 Å². The number of rotatable bonds is 4. The van der Waals surface area contributed by atoms with Crippen LogP contribution in [0.4, 0.5) is 0 Å². The normalized spacial score (nSPS) is 23.5. The van der Waals surface area contributed by atoms with Crippen LogP contribution in [0.15, 0.2) is 23.3 Å². The number of hydrogen-bond donors (Lipinski definition) is 2. The zero-order valence-electron chi connectivity index (χ0n) is 16.3. The highest BCUT2D eigenvalue weighted by Gasteiger charge is 2.30. The zero-order valence-corrected chi connectivity index (χ0v) is 19.5. The van der Waals surface area contributed by atoms with Crippen molar-refractivity contribution in [2.24, 2.45) is 18.0 Å². The number of halogens is 1. The van der Waals surface area contributed by atoms with Gasteiger partial charge in [0.2, 0.25) is 5.91 Å². The monoisotopic (exact) mass is 505 g/mol. The van der Waals surface area contributed by atoms with Crippen molar-refractivity contribution in [3.8, 4) is 0 Å². The molecule has 2 N–H and O–H groups in total. The molecule has 3 rings (SSSR count). The van der Waals surface area contributed by atoms with Crippen molar-refractivity contribution in [3.63, 3.8) is 0 Å². The van der Waals surface area contributed by atoms with Crippen molar-refractivity contribution in [2.45, 2.75) is 38.3 Å². The summed E-state index contributed by atoms with van der Waals surface area (Å²) in [5, 5.41) is 6.91. The van der Waals surface area contributed by atoms with Crippen LogP contribution in [-0.4, -0.2) is 59.0 Å². The van der Waals surface area contributed by atoms with E-state index in [2.05, 4.69) is 31.2 Å². The minimum absolute atomic E-state index is 0. The van der Waals surface area contributed by atoms with E-state index in [1.165, 1.54) is 5.69 Å². The maximum atomic E-state index is 12.7. The fourth-order valence-electron chi connectivity index (χ4n) is 3.77. The third-order valence-corrected chi connectivity index (χ3v) is 6.39. The van der Waals surface area contributed by atoms with Crippen LogP contribution in [0.25, 0.3) is 0 Å². The molecule has 0 radical (unpaired) electrons. The van der Waals surface area contributed by atoms with Crippen molar-refractivity contribution >= 4 is 47.6 Å². The first kappa shape index (κ1) is 22.4. The fourth-order valence-corrected chi connectivity index (χ4v) is 4.67. The number of nitrogens with one attached hydrogen (secondary N) is 2. The first-order chi connectivity index (χ1) is 12.7. The van der Waals surface area contributed by atoms with Crippen LogP contribution in [-0.2, 0) is 18.4 Å². The Morgan fingerprint density at radius 2 is 1.96 bits per heavy atom. The molecule has 1 saturated carbocycles. The molecule has 1 aromatic rings. The quantitative estimate of drug-likeness (QED) is 0.375. The molecule has 2 fully saturated rings. The van der Waals surface area contributed by atoms with Gasteiger partial charge in [-0.2, -0.15) is 11.8 Å². The molecule has 2 heterocycles. The Hall–Kier alpha value is -0.900. The van der Waals surface area contributed by atoms with Gasteiger partial charge < -0.3 is 20.1 Å². The van der Waals surface area contributed by atoms with Gasteiger partial charge in [0.25, 0.3) is 0 Å². The highest BCUT2D eigenvalue weighted by molar-refractivity contribution is 14.0. The second-order valence-electron chi connectivity index (χ2n) is 7.17. The number of guanidine groups is 1. The molecule has 0 aromatic carbocycles. The number of aryl methyl sites for hydroxylation is 1. The molecule has 0 bridgehead atoms. The molecular weight excluding hydrogens is 473 g/mol. The number of hydrogen-bond acceptors (Lipinski definition) is 3. The van der Waals surface area contributed by atoms with Crippen LogP contribution in [0.1, 0.15) is 31.4 Å². The third-order valence-electron chi connectivity index (χ3n) is 5.45. The lowest BCUT2D eigenvalue weighted by atomic mass is 9.85. The summed E-state index contributed by atoms with van der Waals surface area (Å²) in [4.78, 5) is 19.1. The van der Waals surface area contributed by atoms with E-state index in [0.29, 0.717) is 11.9 Å². The van der Waals surface area contributed by atoms with Crippen molar-refractivity contribution in [1.82, 2.24) is 20.1 Å². The minimum atomic E-state index is 0. The Labute approximate surface area is 183 Å². The van der Waals surface area contributed by atoms with Gasteiger partial charge >= 0.3 is 0 Å². The lowest BCUT2D eigenvalue weighted by Crippen LogP contribution is -2.47. The molecule has 152 valence electrons.